The Balaban J connectivity index is 1.72. The molecule has 0 N–H and O–H groups in total. The van der Waals surface area contributed by atoms with Crippen molar-refractivity contribution in [1.29, 1.82) is 0 Å². The van der Waals surface area contributed by atoms with Crippen LogP contribution in [0.4, 0.5) is 5.69 Å². The van der Waals surface area contributed by atoms with Gasteiger partial charge in [0.05, 0.1) is 31.7 Å². The number of ether oxygens (including phenoxy) is 3. The highest BCUT2D eigenvalue weighted by Crippen LogP contribution is 2.30. The van der Waals surface area contributed by atoms with E-state index in [1.165, 1.54) is 30.7 Å². The molecule has 0 unspecified atom stereocenters. The van der Waals surface area contributed by atoms with E-state index in [0.717, 1.165) is 11.8 Å². The maximum absolute atomic E-state index is 12.5. The lowest BCUT2D eigenvalue weighted by Crippen LogP contribution is -2.34. The standard InChI is InChI=1S/C21H23NO7S/c1-27-17-10-16(11-18(12-17)28-2)21(24)29-13-20(23)15-6-7-19-14(9-15)5-4-8-22(19)30(3,25)26/h6-7,9-12H,4-5,8,13H2,1-3H3. The van der Waals surface area contributed by atoms with Crippen molar-refractivity contribution >= 4 is 27.5 Å². The van der Waals surface area contributed by atoms with Gasteiger partial charge in [-0.3, -0.25) is 9.10 Å². The van der Waals surface area contributed by atoms with Crippen LogP contribution in [-0.2, 0) is 21.2 Å². The number of sulfonamides is 1. The van der Waals surface area contributed by atoms with E-state index < -0.39 is 22.6 Å². The molecule has 0 radical (unpaired) electrons. The Kier molecular flexibility index (Phi) is 6.31. The highest BCUT2D eigenvalue weighted by Gasteiger charge is 2.25. The number of fused-ring (bicyclic) bond motifs is 1. The first-order chi connectivity index (χ1) is 14.2. The molecule has 0 atom stereocenters. The zero-order valence-corrected chi connectivity index (χ0v) is 17.8. The number of benzene rings is 2. The topological polar surface area (TPSA) is 99.2 Å². The summed E-state index contributed by atoms with van der Waals surface area (Å²) in [5.74, 6) is -0.199. The van der Waals surface area contributed by atoms with Gasteiger partial charge in [0, 0.05) is 18.2 Å². The monoisotopic (exact) mass is 433 g/mol. The van der Waals surface area contributed by atoms with Gasteiger partial charge in [0.1, 0.15) is 11.5 Å². The normalized spacial score (nSPS) is 13.4. The molecule has 30 heavy (non-hydrogen) atoms. The highest BCUT2D eigenvalue weighted by molar-refractivity contribution is 7.92. The zero-order valence-electron chi connectivity index (χ0n) is 17.0. The number of hydrogen-bond acceptors (Lipinski definition) is 7. The maximum Gasteiger partial charge on any atom is 0.338 e. The van der Waals surface area contributed by atoms with Gasteiger partial charge in [-0.1, -0.05) is 0 Å². The summed E-state index contributed by atoms with van der Waals surface area (Å²) in [6.07, 6.45) is 2.50. The SMILES string of the molecule is COc1cc(OC)cc(C(=O)OCC(=O)c2ccc3c(c2)CCCN3S(C)(=O)=O)c1. The van der Waals surface area contributed by atoms with Crippen LogP contribution in [0.1, 0.15) is 32.7 Å². The van der Waals surface area contributed by atoms with E-state index in [1.807, 2.05) is 0 Å². The molecule has 1 heterocycles. The average molecular weight is 433 g/mol. The van der Waals surface area contributed by atoms with Gasteiger partial charge in [-0.2, -0.15) is 0 Å². The molecule has 0 saturated carbocycles. The summed E-state index contributed by atoms with van der Waals surface area (Å²) in [4.78, 5) is 24.9. The summed E-state index contributed by atoms with van der Waals surface area (Å²) in [7, 11) is -0.444. The van der Waals surface area contributed by atoms with E-state index in [-0.39, 0.29) is 11.3 Å². The van der Waals surface area contributed by atoms with Crippen LogP contribution in [-0.4, -0.2) is 53.8 Å². The molecule has 0 fully saturated rings. The number of methoxy groups -OCH3 is 2. The third-order valence-corrected chi connectivity index (χ3v) is 5.98. The molecule has 1 aliphatic rings. The van der Waals surface area contributed by atoms with Crippen molar-refractivity contribution in [2.24, 2.45) is 0 Å². The molecule has 0 amide bonds. The van der Waals surface area contributed by atoms with Crippen LogP contribution >= 0.6 is 0 Å². The molecule has 1 aliphatic heterocycles. The van der Waals surface area contributed by atoms with Gasteiger partial charge < -0.3 is 14.2 Å². The lowest BCUT2D eigenvalue weighted by atomic mass is 9.99. The Hall–Kier alpha value is -3.07. The highest BCUT2D eigenvalue weighted by atomic mass is 32.2. The van der Waals surface area contributed by atoms with Gasteiger partial charge >= 0.3 is 5.97 Å². The van der Waals surface area contributed by atoms with Gasteiger partial charge in [-0.15, -0.1) is 0 Å². The molecule has 8 nitrogen and oxygen atoms in total. The fourth-order valence-electron chi connectivity index (χ4n) is 3.30. The summed E-state index contributed by atoms with van der Waals surface area (Å²) in [6, 6.07) is 9.44. The second-order valence-corrected chi connectivity index (χ2v) is 8.79. The Bertz CT molecular complexity index is 1060. The van der Waals surface area contributed by atoms with Gasteiger partial charge in [0.2, 0.25) is 10.0 Å². The molecular weight excluding hydrogens is 410 g/mol. The Labute approximate surface area is 175 Å². The molecule has 0 saturated heterocycles. The number of anilines is 1. The summed E-state index contributed by atoms with van der Waals surface area (Å²) in [5.41, 5.74) is 1.93. The first-order valence-electron chi connectivity index (χ1n) is 9.27. The molecule has 0 aromatic heterocycles. The van der Waals surface area contributed by atoms with Gasteiger partial charge in [-0.25, -0.2) is 13.2 Å². The zero-order chi connectivity index (χ0) is 21.9. The maximum atomic E-state index is 12.5. The number of rotatable bonds is 7. The summed E-state index contributed by atoms with van der Waals surface area (Å²) in [6.45, 7) is -0.0202. The third-order valence-electron chi connectivity index (χ3n) is 4.80. The number of ketones is 1. The van der Waals surface area contributed by atoms with Crippen LogP contribution in [0.25, 0.3) is 0 Å². The number of carbonyl (C=O) groups is 2. The number of aryl methyl sites for hydroxylation is 1. The minimum absolute atomic E-state index is 0.202. The van der Waals surface area contributed by atoms with Crippen molar-refractivity contribution < 1.29 is 32.2 Å². The fourth-order valence-corrected chi connectivity index (χ4v) is 4.30. The van der Waals surface area contributed by atoms with Crippen LogP contribution in [0.2, 0.25) is 0 Å². The van der Waals surface area contributed by atoms with Crippen LogP contribution in [0, 0.1) is 0 Å². The Morgan fingerprint density at radius 3 is 2.27 bits per heavy atom. The Morgan fingerprint density at radius 1 is 1.00 bits per heavy atom. The average Bonchev–Trinajstić information content (AvgIpc) is 2.75. The largest absolute Gasteiger partial charge is 0.497 e. The van der Waals surface area contributed by atoms with Crippen LogP contribution in [0.5, 0.6) is 11.5 Å². The number of carbonyl (C=O) groups excluding carboxylic acids is 2. The number of Topliss-reactive ketones (excluding diaryl/α,β-unsaturated/α-hetero) is 1. The Morgan fingerprint density at radius 2 is 1.67 bits per heavy atom. The van der Waals surface area contributed by atoms with E-state index in [1.54, 1.807) is 24.3 Å². The summed E-state index contributed by atoms with van der Waals surface area (Å²) in [5, 5.41) is 0. The van der Waals surface area contributed by atoms with E-state index in [4.69, 9.17) is 14.2 Å². The number of nitrogens with zero attached hydrogens (tertiary/aromatic N) is 1. The molecule has 9 heteroatoms. The van der Waals surface area contributed by atoms with E-state index in [2.05, 4.69) is 0 Å². The predicted molar refractivity (Wildman–Crippen MR) is 111 cm³/mol. The van der Waals surface area contributed by atoms with E-state index >= 15 is 0 Å². The lowest BCUT2D eigenvalue weighted by Gasteiger charge is -2.29. The second kappa shape index (κ2) is 8.74. The number of hydrogen-bond donors (Lipinski definition) is 0. The first kappa shape index (κ1) is 21.6. The summed E-state index contributed by atoms with van der Waals surface area (Å²) < 4.78 is 40.7. The fraction of sp³-hybridized carbons (Fsp3) is 0.333. The predicted octanol–water partition coefficient (Wildman–Crippen LogP) is 2.46. The van der Waals surface area contributed by atoms with Gasteiger partial charge in [-0.05, 0) is 48.7 Å². The minimum atomic E-state index is -3.38. The quantitative estimate of drug-likeness (QED) is 0.488. The third kappa shape index (κ3) is 4.73. The molecule has 0 aliphatic carbocycles. The minimum Gasteiger partial charge on any atom is -0.497 e. The number of esters is 1. The molecule has 0 bridgehead atoms. The molecule has 3 rings (SSSR count). The van der Waals surface area contributed by atoms with Gasteiger partial charge in [0.25, 0.3) is 0 Å². The van der Waals surface area contributed by atoms with Crippen molar-refractivity contribution in [2.45, 2.75) is 12.8 Å². The first-order valence-corrected chi connectivity index (χ1v) is 11.1. The molecular formula is C21H23NO7S. The summed E-state index contributed by atoms with van der Waals surface area (Å²) >= 11 is 0. The smallest absolute Gasteiger partial charge is 0.338 e. The van der Waals surface area contributed by atoms with Crippen molar-refractivity contribution in [1.82, 2.24) is 0 Å². The molecule has 0 spiro atoms. The van der Waals surface area contributed by atoms with E-state index in [9.17, 15) is 18.0 Å². The second-order valence-electron chi connectivity index (χ2n) is 6.88. The van der Waals surface area contributed by atoms with Crippen LogP contribution in [0.3, 0.4) is 0 Å². The van der Waals surface area contributed by atoms with Gasteiger partial charge in [0.15, 0.2) is 12.4 Å². The van der Waals surface area contributed by atoms with Crippen molar-refractivity contribution in [2.75, 3.05) is 37.9 Å². The molecule has 160 valence electrons. The molecule has 2 aromatic rings. The van der Waals surface area contributed by atoms with Crippen molar-refractivity contribution in [3.05, 3.63) is 53.1 Å². The van der Waals surface area contributed by atoms with Crippen molar-refractivity contribution in [3.8, 4) is 11.5 Å². The van der Waals surface area contributed by atoms with Crippen LogP contribution < -0.4 is 13.8 Å². The van der Waals surface area contributed by atoms with E-state index in [0.29, 0.717) is 42.1 Å². The van der Waals surface area contributed by atoms with Crippen molar-refractivity contribution in [3.63, 3.8) is 0 Å². The van der Waals surface area contributed by atoms with Crippen LogP contribution in [0.15, 0.2) is 36.4 Å². The molecule has 2 aromatic carbocycles. The lowest BCUT2D eigenvalue weighted by molar-refractivity contribution is 0.0474.